The maximum atomic E-state index is 12.6. The molecule has 37 heavy (non-hydrogen) atoms. The standard InChI is InChI=1S/C27H31N5O5/c1-32(2)10-3-11-35-21-7-4-19(5-8-21)16-28-26(33)22-15-23(31-18-30-22)27(34)29-17-20-6-9-24-25(14-20)37-13-12-36-24/h4-9,14-15,18H,3,10-13,16-17H2,1-2H3,(H,28,33)(H,29,34). The van der Waals surface area contributed by atoms with Crippen LogP contribution in [0, 0.1) is 0 Å². The van der Waals surface area contributed by atoms with Crippen LogP contribution in [0.4, 0.5) is 0 Å². The zero-order valence-electron chi connectivity index (χ0n) is 21.0. The Morgan fingerprint density at radius 1 is 0.865 bits per heavy atom. The second-order valence-corrected chi connectivity index (χ2v) is 8.78. The highest BCUT2D eigenvalue weighted by Gasteiger charge is 2.15. The minimum absolute atomic E-state index is 0.105. The van der Waals surface area contributed by atoms with Gasteiger partial charge in [-0.1, -0.05) is 18.2 Å². The van der Waals surface area contributed by atoms with Crippen LogP contribution < -0.4 is 24.8 Å². The summed E-state index contributed by atoms with van der Waals surface area (Å²) in [5.74, 6) is 1.32. The van der Waals surface area contributed by atoms with Crippen molar-refractivity contribution >= 4 is 11.8 Å². The molecule has 2 amide bonds. The second kappa shape index (κ2) is 12.7. The average Bonchev–Trinajstić information content (AvgIpc) is 2.93. The largest absolute Gasteiger partial charge is 0.494 e. The number of aromatic nitrogens is 2. The molecule has 0 fully saturated rings. The molecule has 2 heterocycles. The first-order chi connectivity index (χ1) is 18.0. The Kier molecular flexibility index (Phi) is 8.88. The fourth-order valence-electron chi connectivity index (χ4n) is 3.62. The first-order valence-corrected chi connectivity index (χ1v) is 12.1. The molecular weight excluding hydrogens is 474 g/mol. The third kappa shape index (κ3) is 7.65. The van der Waals surface area contributed by atoms with Gasteiger partial charge in [-0.3, -0.25) is 9.59 Å². The first-order valence-electron chi connectivity index (χ1n) is 12.1. The van der Waals surface area contributed by atoms with Crippen LogP contribution in [0.2, 0.25) is 0 Å². The van der Waals surface area contributed by atoms with Gasteiger partial charge in [0.2, 0.25) is 0 Å². The molecule has 1 aliphatic rings. The van der Waals surface area contributed by atoms with Crippen molar-refractivity contribution in [2.45, 2.75) is 19.5 Å². The lowest BCUT2D eigenvalue weighted by atomic mass is 10.2. The van der Waals surface area contributed by atoms with Crippen LogP contribution in [0.1, 0.15) is 38.5 Å². The van der Waals surface area contributed by atoms with Crippen molar-refractivity contribution in [2.75, 3.05) is 40.5 Å². The molecule has 2 N–H and O–H groups in total. The van der Waals surface area contributed by atoms with Crippen LogP contribution in [0.3, 0.4) is 0 Å². The molecule has 0 radical (unpaired) electrons. The molecule has 4 rings (SSSR count). The number of carbonyl (C=O) groups excluding carboxylic acids is 2. The quantitative estimate of drug-likeness (QED) is 0.382. The Labute approximate surface area is 216 Å². The Morgan fingerprint density at radius 3 is 2.16 bits per heavy atom. The van der Waals surface area contributed by atoms with E-state index >= 15 is 0 Å². The smallest absolute Gasteiger partial charge is 0.270 e. The van der Waals surface area contributed by atoms with E-state index < -0.39 is 11.8 Å². The Hall–Kier alpha value is -4.18. The van der Waals surface area contributed by atoms with Crippen LogP contribution in [0.5, 0.6) is 17.2 Å². The van der Waals surface area contributed by atoms with Crippen molar-refractivity contribution in [1.82, 2.24) is 25.5 Å². The summed E-state index contributed by atoms with van der Waals surface area (Å²) in [7, 11) is 4.06. The summed E-state index contributed by atoms with van der Waals surface area (Å²) in [6.45, 7) is 3.22. The van der Waals surface area contributed by atoms with Gasteiger partial charge in [0.15, 0.2) is 11.5 Å². The third-order valence-corrected chi connectivity index (χ3v) is 5.59. The van der Waals surface area contributed by atoms with E-state index in [1.54, 1.807) is 0 Å². The molecule has 1 aromatic heterocycles. The van der Waals surface area contributed by atoms with Crippen molar-refractivity contribution < 1.29 is 23.8 Å². The maximum absolute atomic E-state index is 12.6. The lowest BCUT2D eigenvalue weighted by Gasteiger charge is -2.18. The highest BCUT2D eigenvalue weighted by molar-refractivity contribution is 5.97. The molecule has 3 aromatic rings. The van der Waals surface area contributed by atoms with Crippen LogP contribution in [0.15, 0.2) is 54.9 Å². The summed E-state index contributed by atoms with van der Waals surface area (Å²) in [6, 6.07) is 14.4. The molecule has 0 spiro atoms. The van der Waals surface area contributed by atoms with Crippen LogP contribution in [0.25, 0.3) is 0 Å². The molecule has 0 unspecified atom stereocenters. The third-order valence-electron chi connectivity index (χ3n) is 5.59. The van der Waals surface area contributed by atoms with Gasteiger partial charge in [-0.25, -0.2) is 9.97 Å². The minimum Gasteiger partial charge on any atom is -0.494 e. The van der Waals surface area contributed by atoms with Gasteiger partial charge < -0.3 is 29.7 Å². The van der Waals surface area contributed by atoms with Crippen molar-refractivity contribution in [3.63, 3.8) is 0 Å². The van der Waals surface area contributed by atoms with E-state index in [1.807, 2.05) is 56.6 Å². The number of hydrogen-bond acceptors (Lipinski definition) is 8. The molecule has 0 bridgehead atoms. The van der Waals surface area contributed by atoms with Gasteiger partial charge >= 0.3 is 0 Å². The van der Waals surface area contributed by atoms with Crippen LogP contribution >= 0.6 is 0 Å². The van der Waals surface area contributed by atoms with Crippen molar-refractivity contribution in [1.29, 1.82) is 0 Å². The molecule has 10 heteroatoms. The van der Waals surface area contributed by atoms with Crippen molar-refractivity contribution in [2.24, 2.45) is 0 Å². The zero-order chi connectivity index (χ0) is 26.0. The number of ether oxygens (including phenoxy) is 3. The van der Waals surface area contributed by atoms with Crippen LogP contribution in [-0.2, 0) is 13.1 Å². The molecular formula is C27H31N5O5. The molecule has 0 saturated heterocycles. The Bertz CT molecular complexity index is 1220. The van der Waals surface area contributed by atoms with E-state index in [-0.39, 0.29) is 17.9 Å². The van der Waals surface area contributed by atoms with E-state index in [2.05, 4.69) is 25.5 Å². The molecule has 10 nitrogen and oxygen atoms in total. The maximum Gasteiger partial charge on any atom is 0.270 e. The van der Waals surface area contributed by atoms with E-state index in [0.717, 1.165) is 29.8 Å². The topological polar surface area (TPSA) is 115 Å². The van der Waals surface area contributed by atoms with E-state index in [1.165, 1.54) is 12.4 Å². The molecule has 1 aliphatic heterocycles. The lowest BCUT2D eigenvalue weighted by Crippen LogP contribution is -2.27. The van der Waals surface area contributed by atoms with Crippen molar-refractivity contribution in [3.05, 3.63) is 77.4 Å². The van der Waals surface area contributed by atoms with Crippen molar-refractivity contribution in [3.8, 4) is 17.2 Å². The van der Waals surface area contributed by atoms with Gasteiger partial charge in [-0.05, 0) is 55.9 Å². The minimum atomic E-state index is -0.410. The van der Waals surface area contributed by atoms with Gasteiger partial charge in [0.25, 0.3) is 11.8 Å². The van der Waals surface area contributed by atoms with E-state index in [0.29, 0.717) is 37.9 Å². The monoisotopic (exact) mass is 505 g/mol. The fourth-order valence-corrected chi connectivity index (χ4v) is 3.62. The molecule has 0 aliphatic carbocycles. The number of amides is 2. The van der Waals surface area contributed by atoms with E-state index in [4.69, 9.17) is 14.2 Å². The fraction of sp³-hybridized carbons (Fsp3) is 0.333. The summed E-state index contributed by atoms with van der Waals surface area (Å²) >= 11 is 0. The number of fused-ring (bicyclic) bond motifs is 1. The summed E-state index contributed by atoms with van der Waals surface area (Å²) in [5.41, 5.74) is 1.99. The second-order valence-electron chi connectivity index (χ2n) is 8.78. The number of hydrogen-bond donors (Lipinski definition) is 2. The molecule has 0 saturated carbocycles. The summed E-state index contributed by atoms with van der Waals surface area (Å²) in [4.78, 5) is 35.4. The summed E-state index contributed by atoms with van der Waals surface area (Å²) < 4.78 is 16.8. The molecule has 0 atom stereocenters. The number of rotatable bonds is 11. The van der Waals surface area contributed by atoms with Gasteiger partial charge in [-0.2, -0.15) is 0 Å². The summed E-state index contributed by atoms with van der Waals surface area (Å²) in [5, 5.41) is 5.62. The summed E-state index contributed by atoms with van der Waals surface area (Å²) in [6.07, 6.45) is 2.15. The van der Waals surface area contributed by atoms with Gasteiger partial charge in [-0.15, -0.1) is 0 Å². The predicted molar refractivity (Wildman–Crippen MR) is 137 cm³/mol. The van der Waals surface area contributed by atoms with Gasteiger partial charge in [0.1, 0.15) is 36.7 Å². The number of nitrogens with one attached hydrogen (secondary N) is 2. The molecule has 194 valence electrons. The first kappa shape index (κ1) is 25.9. The van der Waals surface area contributed by atoms with E-state index in [9.17, 15) is 9.59 Å². The normalized spacial score (nSPS) is 12.2. The number of nitrogens with zero attached hydrogens (tertiary/aromatic N) is 3. The number of benzene rings is 2. The zero-order valence-corrected chi connectivity index (χ0v) is 21.0. The highest BCUT2D eigenvalue weighted by Crippen LogP contribution is 2.30. The Morgan fingerprint density at radius 2 is 1.49 bits per heavy atom. The number of carbonyl (C=O) groups is 2. The van der Waals surface area contributed by atoms with Gasteiger partial charge in [0.05, 0.1) is 6.61 Å². The van der Waals surface area contributed by atoms with Crippen LogP contribution in [-0.4, -0.2) is 67.1 Å². The lowest BCUT2D eigenvalue weighted by molar-refractivity contribution is 0.0944. The SMILES string of the molecule is CN(C)CCCOc1ccc(CNC(=O)c2cc(C(=O)NCc3ccc4c(c3)OCCO4)ncn2)cc1. The van der Waals surface area contributed by atoms with Gasteiger partial charge in [0, 0.05) is 25.7 Å². The average molecular weight is 506 g/mol. The highest BCUT2D eigenvalue weighted by atomic mass is 16.6. The molecule has 2 aromatic carbocycles. The Balaban J connectivity index is 1.25. The predicted octanol–water partition coefficient (Wildman–Crippen LogP) is 2.44.